The molecule has 0 unspecified atom stereocenters. The lowest BCUT2D eigenvalue weighted by Crippen LogP contribution is -2.58. The number of nitrogens with zero attached hydrogens (tertiary/aromatic N) is 1. The number of amides is 1. The van der Waals surface area contributed by atoms with Crippen molar-refractivity contribution < 1.29 is 28.5 Å². The van der Waals surface area contributed by atoms with Gasteiger partial charge in [-0.2, -0.15) is 0 Å². The summed E-state index contributed by atoms with van der Waals surface area (Å²) in [4.78, 5) is 13.2. The van der Waals surface area contributed by atoms with Gasteiger partial charge in [0.2, 0.25) is 5.91 Å². The van der Waals surface area contributed by atoms with Crippen LogP contribution in [0.15, 0.2) is 30.3 Å². The number of hydrogen-bond acceptors (Lipinski definition) is 5. The number of fused-ring (bicyclic) bond motifs is 1. The molecule has 1 saturated heterocycles. The number of anilines is 2. The number of hydrogen-bond donors (Lipinski definition) is 3. The van der Waals surface area contributed by atoms with Gasteiger partial charge in [0.15, 0.2) is 0 Å². The van der Waals surface area contributed by atoms with Crippen molar-refractivity contribution in [3.05, 3.63) is 52.6 Å². The van der Waals surface area contributed by atoms with E-state index in [-0.39, 0.29) is 42.6 Å². The fourth-order valence-electron chi connectivity index (χ4n) is 3.85. The highest BCUT2D eigenvalue weighted by atomic mass is 35.5. The van der Waals surface area contributed by atoms with Crippen molar-refractivity contribution in [2.75, 3.05) is 29.9 Å². The number of carbonyl (C=O) groups is 1. The first-order chi connectivity index (χ1) is 14.3. The molecule has 160 valence electrons. The monoisotopic (exact) mass is 438 g/mol. The third-order valence-electron chi connectivity index (χ3n) is 5.64. The van der Waals surface area contributed by atoms with Crippen molar-refractivity contribution in [2.24, 2.45) is 0 Å². The van der Waals surface area contributed by atoms with Crippen LogP contribution < -0.4 is 15.0 Å². The molecule has 0 aliphatic carbocycles. The van der Waals surface area contributed by atoms with Gasteiger partial charge in [0.25, 0.3) is 0 Å². The van der Waals surface area contributed by atoms with Crippen molar-refractivity contribution in [3.63, 3.8) is 0 Å². The smallest absolute Gasteiger partial charge is 0.224 e. The molecule has 2 atom stereocenters. The molecule has 4 rings (SSSR count). The third-order valence-corrected chi connectivity index (χ3v) is 5.88. The minimum atomic E-state index is -1.56. The second-order valence-electron chi connectivity index (χ2n) is 7.65. The second-order valence-corrected chi connectivity index (χ2v) is 8.08. The molecule has 0 saturated carbocycles. The molecule has 0 spiro atoms. The minimum absolute atomic E-state index is 0.00992. The molecule has 2 aromatic carbocycles. The molecule has 2 aromatic rings. The Bertz CT molecular complexity index is 990. The van der Waals surface area contributed by atoms with Crippen molar-refractivity contribution in [1.82, 2.24) is 0 Å². The zero-order valence-corrected chi connectivity index (χ0v) is 16.8. The van der Waals surface area contributed by atoms with E-state index in [1.165, 1.54) is 24.3 Å². The second kappa shape index (κ2) is 8.02. The average Bonchev–Trinajstić information content (AvgIpc) is 2.70. The highest BCUT2D eigenvalue weighted by Crippen LogP contribution is 2.35. The van der Waals surface area contributed by atoms with E-state index in [0.29, 0.717) is 30.0 Å². The maximum atomic E-state index is 14.2. The topological polar surface area (TPSA) is 82.0 Å². The van der Waals surface area contributed by atoms with E-state index in [1.807, 2.05) is 0 Å². The molecule has 2 aliphatic heterocycles. The summed E-state index contributed by atoms with van der Waals surface area (Å²) in [6.45, 7) is 0.0835. The van der Waals surface area contributed by atoms with E-state index >= 15 is 0 Å². The lowest BCUT2D eigenvalue weighted by molar-refractivity contribution is -0.116. The first kappa shape index (κ1) is 20.8. The van der Waals surface area contributed by atoms with Crippen LogP contribution in [0.2, 0.25) is 5.02 Å². The van der Waals surface area contributed by atoms with Gasteiger partial charge < -0.3 is 25.2 Å². The SMILES string of the molecule is O=C1CCc2c(OC[C@]3(O)CCN(c4ccc(Cl)cc4F)C[C@H]3O)ccc(F)c2N1. The van der Waals surface area contributed by atoms with Gasteiger partial charge in [-0.05, 0) is 43.2 Å². The molecule has 2 heterocycles. The largest absolute Gasteiger partial charge is 0.490 e. The molecule has 1 fully saturated rings. The van der Waals surface area contributed by atoms with E-state index < -0.39 is 23.3 Å². The van der Waals surface area contributed by atoms with Gasteiger partial charge in [-0.15, -0.1) is 0 Å². The normalized spacial score (nSPS) is 23.7. The predicted octanol–water partition coefficient (Wildman–Crippen LogP) is 2.88. The van der Waals surface area contributed by atoms with Gasteiger partial charge in [0.05, 0.1) is 11.4 Å². The van der Waals surface area contributed by atoms with E-state index in [4.69, 9.17) is 16.3 Å². The Morgan fingerprint density at radius 1 is 1.23 bits per heavy atom. The summed E-state index contributed by atoms with van der Waals surface area (Å²) in [7, 11) is 0. The van der Waals surface area contributed by atoms with Gasteiger partial charge >= 0.3 is 0 Å². The molecule has 9 heteroatoms. The summed E-state index contributed by atoms with van der Waals surface area (Å²) < 4.78 is 34.0. The number of aliphatic hydroxyl groups excluding tert-OH is 1. The number of piperidine rings is 1. The van der Waals surface area contributed by atoms with Gasteiger partial charge in [-0.3, -0.25) is 4.79 Å². The Balaban J connectivity index is 1.46. The first-order valence-corrected chi connectivity index (χ1v) is 9.99. The molecular formula is C21H21ClF2N2O4. The lowest BCUT2D eigenvalue weighted by Gasteiger charge is -2.42. The van der Waals surface area contributed by atoms with Gasteiger partial charge in [-0.25, -0.2) is 8.78 Å². The van der Waals surface area contributed by atoms with Gasteiger partial charge in [-0.1, -0.05) is 11.6 Å². The van der Waals surface area contributed by atoms with E-state index in [1.54, 1.807) is 11.0 Å². The molecular weight excluding hydrogens is 418 g/mol. The number of carbonyl (C=O) groups excluding carboxylic acids is 1. The average molecular weight is 439 g/mol. The summed E-state index contributed by atoms with van der Waals surface area (Å²) in [5.74, 6) is -0.980. The fourth-order valence-corrected chi connectivity index (χ4v) is 4.01. The van der Waals surface area contributed by atoms with Crippen LogP contribution in [-0.2, 0) is 11.2 Å². The van der Waals surface area contributed by atoms with Crippen LogP contribution in [0.4, 0.5) is 20.2 Å². The van der Waals surface area contributed by atoms with Crippen molar-refractivity contribution in [2.45, 2.75) is 31.0 Å². The van der Waals surface area contributed by atoms with Crippen LogP contribution in [0.3, 0.4) is 0 Å². The summed E-state index contributed by atoms with van der Waals surface area (Å²) in [5.41, 5.74) is -0.652. The first-order valence-electron chi connectivity index (χ1n) is 9.61. The highest BCUT2D eigenvalue weighted by molar-refractivity contribution is 6.30. The molecule has 1 amide bonds. The van der Waals surface area contributed by atoms with Crippen LogP contribution in [0, 0.1) is 11.6 Å². The van der Waals surface area contributed by atoms with Crippen LogP contribution >= 0.6 is 11.6 Å². The minimum Gasteiger partial charge on any atom is -0.490 e. The Morgan fingerprint density at radius 2 is 2.03 bits per heavy atom. The molecule has 30 heavy (non-hydrogen) atoms. The highest BCUT2D eigenvalue weighted by Gasteiger charge is 2.42. The number of halogens is 3. The van der Waals surface area contributed by atoms with E-state index in [2.05, 4.69) is 5.32 Å². The van der Waals surface area contributed by atoms with E-state index in [0.717, 1.165) is 0 Å². The quantitative estimate of drug-likeness (QED) is 0.684. The van der Waals surface area contributed by atoms with Crippen molar-refractivity contribution in [3.8, 4) is 5.75 Å². The lowest BCUT2D eigenvalue weighted by atomic mass is 9.89. The molecule has 3 N–H and O–H groups in total. The van der Waals surface area contributed by atoms with Crippen molar-refractivity contribution in [1.29, 1.82) is 0 Å². The maximum Gasteiger partial charge on any atom is 0.224 e. The number of ether oxygens (including phenoxy) is 1. The molecule has 0 aromatic heterocycles. The number of aliphatic hydroxyl groups is 2. The number of nitrogens with one attached hydrogen (secondary N) is 1. The third kappa shape index (κ3) is 3.95. The summed E-state index contributed by atoms with van der Waals surface area (Å²) in [6, 6.07) is 6.92. The standard InChI is InChI=1S/C21H21ClF2N2O4/c22-12-1-4-16(15(24)9-12)26-8-7-21(29,18(27)10-26)11-30-17-5-3-14(23)20-13(17)2-6-19(28)25-20/h1,3-5,9,18,27,29H,2,6-8,10-11H2,(H,25,28)/t18-,21-/m1/s1. The maximum absolute atomic E-state index is 14.2. The molecule has 0 bridgehead atoms. The van der Waals surface area contributed by atoms with Crippen molar-refractivity contribution >= 4 is 28.9 Å². The zero-order valence-electron chi connectivity index (χ0n) is 16.0. The van der Waals surface area contributed by atoms with Crippen LogP contribution in [0.5, 0.6) is 5.75 Å². The summed E-state index contributed by atoms with van der Waals surface area (Å²) >= 11 is 5.79. The van der Waals surface area contributed by atoms with Gasteiger partial charge in [0, 0.05) is 30.1 Å². The Hall–Kier alpha value is -2.42. The Kier molecular flexibility index (Phi) is 5.57. The number of rotatable bonds is 4. The van der Waals surface area contributed by atoms with E-state index in [9.17, 15) is 23.8 Å². The Labute approximate surface area is 177 Å². The number of β-amino-alcohol motifs (C(OH)–C–C–N with tert-alkyl or cyclic N) is 1. The van der Waals surface area contributed by atoms with Crippen LogP contribution in [-0.4, -0.2) is 47.5 Å². The van der Waals surface area contributed by atoms with Crippen LogP contribution in [0.25, 0.3) is 0 Å². The summed E-state index contributed by atoms with van der Waals surface area (Å²) in [6.07, 6.45) is -0.534. The zero-order chi connectivity index (χ0) is 21.5. The molecule has 0 radical (unpaired) electrons. The summed E-state index contributed by atoms with van der Waals surface area (Å²) in [5, 5.41) is 24.3. The predicted molar refractivity (Wildman–Crippen MR) is 108 cm³/mol. The number of benzene rings is 2. The van der Waals surface area contributed by atoms with Gasteiger partial charge in [0.1, 0.15) is 35.7 Å². The van der Waals surface area contributed by atoms with Crippen LogP contribution in [0.1, 0.15) is 18.4 Å². The molecule has 2 aliphatic rings. The fraction of sp³-hybridized carbons (Fsp3) is 0.381. The molecule has 6 nitrogen and oxygen atoms in total. The Morgan fingerprint density at radius 3 is 2.77 bits per heavy atom.